The van der Waals surface area contributed by atoms with Crippen molar-refractivity contribution in [3.63, 3.8) is 0 Å². The minimum absolute atomic E-state index is 0.00797. The van der Waals surface area contributed by atoms with Crippen molar-refractivity contribution in [1.82, 2.24) is 0 Å². The van der Waals surface area contributed by atoms with Gasteiger partial charge in [-0.25, -0.2) is 0 Å². The fourth-order valence-corrected chi connectivity index (χ4v) is 6.20. The van der Waals surface area contributed by atoms with Crippen LogP contribution < -0.4 is 0 Å². The number of ketones is 1. The summed E-state index contributed by atoms with van der Waals surface area (Å²) >= 11 is 3.46. The minimum Gasteiger partial charge on any atom is -0.356 e. The largest absolute Gasteiger partial charge is 0.356 e. The third-order valence-electron chi connectivity index (χ3n) is 6.51. The third kappa shape index (κ3) is 2.05. The molecule has 1 aliphatic heterocycles. The lowest BCUT2D eigenvalue weighted by molar-refractivity contribution is -0.145. The van der Waals surface area contributed by atoms with Gasteiger partial charge in [-0.1, -0.05) is 28.1 Å². The van der Waals surface area contributed by atoms with Gasteiger partial charge >= 0.3 is 0 Å². The van der Waals surface area contributed by atoms with E-state index >= 15 is 0 Å². The Hall–Kier alpha value is -0.670. The smallest absolute Gasteiger partial charge is 0.170 e. The standard InChI is InChI=1S/C19H21BrO2/c20-15-3-1-14(2-4-15)16-17(22-16)18(21)19-8-11-5-12(9-19)7-13(6-11)10-19/h1-4,11-13,16-17H,5-10H2/t11?,12?,13?,16-,17-,19?/m1/s1. The zero-order valence-electron chi connectivity index (χ0n) is 12.6. The van der Waals surface area contributed by atoms with E-state index in [1.54, 1.807) is 0 Å². The number of rotatable bonds is 3. The summed E-state index contributed by atoms with van der Waals surface area (Å²) < 4.78 is 6.90. The van der Waals surface area contributed by atoms with E-state index in [-0.39, 0.29) is 17.6 Å². The summed E-state index contributed by atoms with van der Waals surface area (Å²) in [6, 6.07) is 8.20. The van der Waals surface area contributed by atoms with Crippen LogP contribution in [0.1, 0.15) is 50.2 Å². The van der Waals surface area contributed by atoms with Gasteiger partial charge in [-0.15, -0.1) is 0 Å². The molecule has 0 radical (unpaired) electrons. The number of benzene rings is 1. The van der Waals surface area contributed by atoms with Gasteiger partial charge in [-0.2, -0.15) is 0 Å². The molecule has 0 aromatic heterocycles. The van der Waals surface area contributed by atoms with Gasteiger partial charge in [-0.05, 0) is 74.0 Å². The molecular formula is C19H21BrO2. The quantitative estimate of drug-likeness (QED) is 0.732. The highest BCUT2D eigenvalue weighted by molar-refractivity contribution is 9.10. The molecule has 1 heterocycles. The molecule has 3 heteroatoms. The Balaban J connectivity index is 1.36. The zero-order valence-corrected chi connectivity index (χ0v) is 14.2. The molecule has 5 aliphatic rings. The number of hydrogen-bond donors (Lipinski definition) is 0. The molecule has 116 valence electrons. The van der Waals surface area contributed by atoms with Crippen LogP contribution in [0, 0.1) is 23.2 Å². The highest BCUT2D eigenvalue weighted by Crippen LogP contribution is 2.62. The van der Waals surface area contributed by atoms with Crippen LogP contribution in [-0.2, 0) is 9.53 Å². The lowest BCUT2D eigenvalue weighted by Crippen LogP contribution is -2.51. The van der Waals surface area contributed by atoms with E-state index in [4.69, 9.17) is 4.74 Å². The summed E-state index contributed by atoms with van der Waals surface area (Å²) in [7, 11) is 0. The molecule has 2 atom stereocenters. The predicted octanol–water partition coefficient (Wildman–Crippen LogP) is 4.67. The fraction of sp³-hybridized carbons (Fsp3) is 0.632. The molecular weight excluding hydrogens is 340 g/mol. The summed E-state index contributed by atoms with van der Waals surface area (Å²) in [5.41, 5.74) is 1.12. The van der Waals surface area contributed by atoms with Gasteiger partial charge in [0.25, 0.3) is 0 Å². The summed E-state index contributed by atoms with van der Waals surface area (Å²) in [6.45, 7) is 0. The SMILES string of the molecule is O=C([C@@H]1O[C@@H]1c1ccc(Br)cc1)C12CC3CC(CC(C3)C1)C2. The van der Waals surface area contributed by atoms with Crippen LogP contribution in [0.4, 0.5) is 0 Å². The average molecular weight is 361 g/mol. The molecule has 1 saturated heterocycles. The van der Waals surface area contributed by atoms with E-state index in [9.17, 15) is 4.79 Å². The van der Waals surface area contributed by atoms with Gasteiger partial charge in [0.2, 0.25) is 0 Å². The second-order valence-corrected chi connectivity index (χ2v) is 9.01. The molecule has 1 aromatic rings. The first-order valence-electron chi connectivity index (χ1n) is 8.58. The summed E-state index contributed by atoms with van der Waals surface area (Å²) in [6.07, 6.45) is 7.42. The first-order chi connectivity index (χ1) is 10.6. The van der Waals surface area contributed by atoms with Crippen molar-refractivity contribution < 1.29 is 9.53 Å². The van der Waals surface area contributed by atoms with Crippen molar-refractivity contribution >= 4 is 21.7 Å². The van der Waals surface area contributed by atoms with Crippen LogP contribution in [0.2, 0.25) is 0 Å². The van der Waals surface area contributed by atoms with Crippen LogP contribution >= 0.6 is 15.9 Å². The van der Waals surface area contributed by atoms with E-state index in [0.29, 0.717) is 5.78 Å². The Kier molecular flexibility index (Phi) is 2.92. The molecule has 4 aliphatic carbocycles. The van der Waals surface area contributed by atoms with Crippen molar-refractivity contribution in [2.45, 2.75) is 50.7 Å². The second-order valence-electron chi connectivity index (χ2n) is 8.09. The number of epoxide rings is 1. The Morgan fingerprint density at radius 1 is 1.00 bits per heavy atom. The summed E-state index contributed by atoms with van der Waals surface area (Å²) in [5, 5.41) is 0. The first kappa shape index (κ1) is 13.7. The van der Waals surface area contributed by atoms with E-state index < -0.39 is 0 Å². The van der Waals surface area contributed by atoms with Crippen LogP contribution in [0.15, 0.2) is 28.7 Å². The van der Waals surface area contributed by atoms with Crippen molar-refractivity contribution in [1.29, 1.82) is 0 Å². The van der Waals surface area contributed by atoms with Gasteiger partial charge < -0.3 is 4.74 Å². The van der Waals surface area contributed by atoms with Crippen LogP contribution in [0.3, 0.4) is 0 Å². The number of Topliss-reactive ketones (excluding diaryl/α,β-unsaturated/α-hetero) is 1. The number of hydrogen-bond acceptors (Lipinski definition) is 2. The zero-order chi connectivity index (χ0) is 14.9. The van der Waals surface area contributed by atoms with E-state index in [1.807, 2.05) is 12.1 Å². The van der Waals surface area contributed by atoms with E-state index in [0.717, 1.165) is 47.1 Å². The maximum Gasteiger partial charge on any atom is 0.170 e. The number of carbonyl (C=O) groups excluding carboxylic acids is 1. The minimum atomic E-state index is -0.169. The summed E-state index contributed by atoms with van der Waals surface area (Å²) in [4.78, 5) is 13.2. The molecule has 5 fully saturated rings. The third-order valence-corrected chi connectivity index (χ3v) is 7.04. The van der Waals surface area contributed by atoms with Gasteiger partial charge in [0.1, 0.15) is 12.2 Å². The van der Waals surface area contributed by atoms with Crippen LogP contribution in [-0.4, -0.2) is 11.9 Å². The number of halogens is 1. The maximum absolute atomic E-state index is 13.2. The van der Waals surface area contributed by atoms with Crippen molar-refractivity contribution in [2.75, 3.05) is 0 Å². The number of ether oxygens (including phenoxy) is 1. The Morgan fingerprint density at radius 2 is 1.55 bits per heavy atom. The van der Waals surface area contributed by atoms with E-state index in [1.165, 1.54) is 19.3 Å². The molecule has 0 unspecified atom stereocenters. The van der Waals surface area contributed by atoms with Crippen LogP contribution in [0.5, 0.6) is 0 Å². The Bertz CT molecular complexity index is 586. The normalized spacial score (nSPS) is 45.0. The molecule has 0 amide bonds. The van der Waals surface area contributed by atoms with Crippen LogP contribution in [0.25, 0.3) is 0 Å². The molecule has 0 N–H and O–H groups in total. The van der Waals surface area contributed by atoms with Crippen molar-refractivity contribution in [3.8, 4) is 0 Å². The maximum atomic E-state index is 13.2. The highest BCUT2D eigenvalue weighted by Gasteiger charge is 2.60. The first-order valence-corrected chi connectivity index (χ1v) is 9.37. The highest BCUT2D eigenvalue weighted by atomic mass is 79.9. The molecule has 22 heavy (non-hydrogen) atoms. The predicted molar refractivity (Wildman–Crippen MR) is 87.4 cm³/mol. The Labute approximate surface area is 139 Å². The molecule has 6 rings (SSSR count). The van der Waals surface area contributed by atoms with Gasteiger partial charge in [0.15, 0.2) is 5.78 Å². The molecule has 0 spiro atoms. The molecule has 4 bridgehead atoms. The monoisotopic (exact) mass is 360 g/mol. The molecule has 1 aromatic carbocycles. The topological polar surface area (TPSA) is 29.6 Å². The van der Waals surface area contributed by atoms with Gasteiger partial charge in [-0.3, -0.25) is 4.79 Å². The van der Waals surface area contributed by atoms with E-state index in [2.05, 4.69) is 28.1 Å². The Morgan fingerprint density at radius 3 is 2.09 bits per heavy atom. The lowest BCUT2D eigenvalue weighted by Gasteiger charge is -2.55. The second kappa shape index (κ2) is 4.67. The average Bonchev–Trinajstić information content (AvgIpc) is 3.26. The van der Waals surface area contributed by atoms with Gasteiger partial charge in [0.05, 0.1) is 0 Å². The fourth-order valence-electron chi connectivity index (χ4n) is 5.93. The van der Waals surface area contributed by atoms with Crippen molar-refractivity contribution in [3.05, 3.63) is 34.3 Å². The number of carbonyl (C=O) groups is 1. The summed E-state index contributed by atoms with van der Waals surface area (Å²) in [5.74, 6) is 2.89. The van der Waals surface area contributed by atoms with Crippen molar-refractivity contribution in [2.24, 2.45) is 23.2 Å². The lowest BCUT2D eigenvalue weighted by atomic mass is 9.48. The van der Waals surface area contributed by atoms with Gasteiger partial charge in [0, 0.05) is 9.89 Å². The molecule has 2 nitrogen and oxygen atoms in total. The molecule has 4 saturated carbocycles.